The largest absolute Gasteiger partial charge is 0.328 e. The van der Waals surface area contributed by atoms with Crippen molar-refractivity contribution in [2.24, 2.45) is 0 Å². The van der Waals surface area contributed by atoms with Gasteiger partial charge in [0.2, 0.25) is 0 Å². The molecular formula is C29H21NS. The predicted octanol–water partition coefficient (Wildman–Crippen LogP) is 8.55. The summed E-state index contributed by atoms with van der Waals surface area (Å²) in [5.41, 5.74) is 2.55. The molecule has 31 heavy (non-hydrogen) atoms. The zero-order valence-electron chi connectivity index (χ0n) is 17.0. The van der Waals surface area contributed by atoms with Crippen molar-refractivity contribution in [3.8, 4) is 0 Å². The van der Waals surface area contributed by atoms with Crippen molar-refractivity contribution in [1.29, 1.82) is 0 Å². The predicted molar refractivity (Wildman–Crippen MR) is 136 cm³/mol. The molecule has 0 saturated heterocycles. The van der Waals surface area contributed by atoms with E-state index in [4.69, 9.17) is 0 Å². The van der Waals surface area contributed by atoms with Crippen molar-refractivity contribution in [2.75, 3.05) is 4.90 Å². The Morgan fingerprint density at radius 3 is 2.16 bits per heavy atom. The molecule has 0 N–H and O–H groups in total. The number of hydrogen-bond acceptors (Lipinski definition) is 2. The lowest BCUT2D eigenvalue weighted by atomic mass is 10.00. The molecule has 1 nitrogen and oxygen atoms in total. The lowest BCUT2D eigenvalue weighted by Crippen LogP contribution is -2.15. The van der Waals surface area contributed by atoms with Gasteiger partial charge in [0.05, 0.1) is 5.00 Å². The van der Waals surface area contributed by atoms with Crippen molar-refractivity contribution in [1.82, 2.24) is 0 Å². The minimum atomic E-state index is 0.833. The molecule has 0 atom stereocenters. The van der Waals surface area contributed by atoms with Gasteiger partial charge in [0.15, 0.2) is 0 Å². The summed E-state index contributed by atoms with van der Waals surface area (Å²) in [6.07, 6.45) is 0. The first-order valence-corrected chi connectivity index (χ1v) is 11.4. The molecule has 148 valence electrons. The van der Waals surface area contributed by atoms with Gasteiger partial charge in [-0.05, 0) is 45.3 Å². The third-order valence-corrected chi connectivity index (χ3v) is 7.06. The highest BCUT2D eigenvalue weighted by Crippen LogP contribution is 2.41. The number of benzene rings is 5. The van der Waals surface area contributed by atoms with E-state index >= 15 is 0 Å². The maximum atomic E-state index is 2.47. The second kappa shape index (κ2) is 7.57. The number of thiophene rings is 1. The Morgan fingerprint density at radius 1 is 0.548 bits per heavy atom. The van der Waals surface area contributed by atoms with Gasteiger partial charge in [0.25, 0.3) is 0 Å². The summed E-state index contributed by atoms with van der Waals surface area (Å²) in [4.78, 5) is 2.47. The fourth-order valence-corrected chi connectivity index (χ4v) is 5.48. The molecule has 0 radical (unpaired) electrons. The highest BCUT2D eigenvalue weighted by Gasteiger charge is 2.16. The van der Waals surface area contributed by atoms with Crippen LogP contribution in [0.2, 0.25) is 0 Å². The molecule has 5 aromatic carbocycles. The van der Waals surface area contributed by atoms with E-state index in [0.717, 1.165) is 6.54 Å². The monoisotopic (exact) mass is 415 g/mol. The second-order valence-corrected chi connectivity index (χ2v) is 8.92. The third kappa shape index (κ3) is 3.26. The summed E-state index contributed by atoms with van der Waals surface area (Å²) in [6.45, 7) is 0.833. The molecule has 0 unspecified atom stereocenters. The van der Waals surface area contributed by atoms with Crippen molar-refractivity contribution >= 4 is 53.7 Å². The van der Waals surface area contributed by atoms with Crippen LogP contribution in [0.5, 0.6) is 0 Å². The van der Waals surface area contributed by atoms with Gasteiger partial charge in [-0.2, -0.15) is 0 Å². The molecule has 6 aromatic rings. The minimum Gasteiger partial charge on any atom is -0.328 e. The molecule has 0 fully saturated rings. The first kappa shape index (κ1) is 18.2. The first-order chi connectivity index (χ1) is 15.4. The molecule has 0 aliphatic carbocycles. The molecule has 1 heterocycles. The summed E-state index contributed by atoms with van der Waals surface area (Å²) in [5.74, 6) is 0. The second-order valence-electron chi connectivity index (χ2n) is 7.85. The van der Waals surface area contributed by atoms with E-state index in [1.54, 1.807) is 0 Å². The zero-order valence-corrected chi connectivity index (χ0v) is 17.8. The average molecular weight is 416 g/mol. The molecular weight excluding hydrogens is 394 g/mol. The van der Waals surface area contributed by atoms with Gasteiger partial charge < -0.3 is 4.90 Å². The molecule has 6 rings (SSSR count). The zero-order chi connectivity index (χ0) is 20.6. The molecule has 0 bridgehead atoms. The van der Waals surface area contributed by atoms with E-state index in [1.807, 2.05) is 11.3 Å². The molecule has 0 aliphatic rings. The Kier molecular flexibility index (Phi) is 4.44. The summed E-state index contributed by atoms with van der Waals surface area (Å²) in [5, 5.41) is 7.74. The smallest absolute Gasteiger partial charge is 0.0968 e. The molecule has 0 spiro atoms. The SMILES string of the molecule is c1ccc(CN(c2cc3ccccc3s2)c2cccc3c2ccc2ccccc23)cc1. The fraction of sp³-hybridized carbons (Fsp3) is 0.0345. The molecule has 0 saturated carbocycles. The molecule has 2 heteroatoms. The van der Waals surface area contributed by atoms with E-state index in [9.17, 15) is 0 Å². The summed E-state index contributed by atoms with van der Waals surface area (Å²) in [7, 11) is 0. The topological polar surface area (TPSA) is 3.24 Å². The van der Waals surface area contributed by atoms with Gasteiger partial charge >= 0.3 is 0 Å². The van der Waals surface area contributed by atoms with Crippen LogP contribution in [0, 0.1) is 0 Å². The third-order valence-electron chi connectivity index (χ3n) is 5.92. The Morgan fingerprint density at radius 2 is 1.29 bits per heavy atom. The minimum absolute atomic E-state index is 0.833. The van der Waals surface area contributed by atoms with Crippen LogP contribution >= 0.6 is 11.3 Å². The Balaban J connectivity index is 1.58. The van der Waals surface area contributed by atoms with Crippen molar-refractivity contribution in [2.45, 2.75) is 6.54 Å². The summed E-state index contributed by atoms with van der Waals surface area (Å²) < 4.78 is 1.32. The van der Waals surface area contributed by atoms with Crippen LogP contribution in [0.3, 0.4) is 0 Å². The lowest BCUT2D eigenvalue weighted by molar-refractivity contribution is 0.993. The van der Waals surface area contributed by atoms with Crippen LogP contribution < -0.4 is 4.90 Å². The Bertz CT molecular complexity index is 1480. The van der Waals surface area contributed by atoms with Crippen LogP contribution in [0.1, 0.15) is 5.56 Å². The van der Waals surface area contributed by atoms with Gasteiger partial charge in [-0.15, -0.1) is 11.3 Å². The normalized spacial score (nSPS) is 11.4. The van der Waals surface area contributed by atoms with Gasteiger partial charge in [-0.1, -0.05) is 97.1 Å². The van der Waals surface area contributed by atoms with E-state index < -0.39 is 0 Å². The quantitative estimate of drug-likeness (QED) is 0.261. The van der Waals surface area contributed by atoms with Gasteiger partial charge in [0, 0.05) is 22.3 Å². The number of rotatable bonds is 4. The van der Waals surface area contributed by atoms with Crippen LogP contribution in [0.25, 0.3) is 31.6 Å². The van der Waals surface area contributed by atoms with Gasteiger partial charge in [-0.25, -0.2) is 0 Å². The number of nitrogens with zero attached hydrogens (tertiary/aromatic N) is 1. The molecule has 0 amide bonds. The van der Waals surface area contributed by atoms with Crippen LogP contribution in [0.4, 0.5) is 10.7 Å². The number of anilines is 2. The van der Waals surface area contributed by atoms with Crippen molar-refractivity contribution in [3.63, 3.8) is 0 Å². The lowest BCUT2D eigenvalue weighted by Gasteiger charge is -2.25. The molecule has 1 aromatic heterocycles. The van der Waals surface area contributed by atoms with E-state index in [-0.39, 0.29) is 0 Å². The first-order valence-electron chi connectivity index (χ1n) is 10.6. The van der Waals surface area contributed by atoms with Gasteiger partial charge in [-0.3, -0.25) is 0 Å². The maximum Gasteiger partial charge on any atom is 0.0968 e. The van der Waals surface area contributed by atoms with Crippen LogP contribution in [0.15, 0.2) is 115 Å². The summed E-state index contributed by atoms with van der Waals surface area (Å²) >= 11 is 1.86. The number of hydrogen-bond donors (Lipinski definition) is 0. The van der Waals surface area contributed by atoms with Gasteiger partial charge in [0.1, 0.15) is 0 Å². The summed E-state index contributed by atoms with van der Waals surface area (Å²) in [6, 6.07) is 41.6. The number of fused-ring (bicyclic) bond motifs is 4. The van der Waals surface area contributed by atoms with Crippen molar-refractivity contribution in [3.05, 3.63) is 121 Å². The Hall–Kier alpha value is -3.62. The fourth-order valence-electron chi connectivity index (χ4n) is 4.41. The van der Waals surface area contributed by atoms with Crippen molar-refractivity contribution < 1.29 is 0 Å². The average Bonchev–Trinajstić information content (AvgIpc) is 3.27. The standard InChI is InChI=1S/C29H21NS/c1-2-9-21(10-3-1)20-30(29-19-23-12-5-7-16-28(23)31-29)27-15-8-14-25-24-13-6-4-11-22(24)17-18-26(25)27/h1-19H,20H2. The highest BCUT2D eigenvalue weighted by molar-refractivity contribution is 7.22. The highest BCUT2D eigenvalue weighted by atomic mass is 32.1. The molecule has 0 aliphatic heterocycles. The maximum absolute atomic E-state index is 2.47. The Labute approximate surface area is 185 Å². The van der Waals surface area contributed by atoms with E-state index in [2.05, 4.69) is 120 Å². The van der Waals surface area contributed by atoms with Crippen LogP contribution in [-0.2, 0) is 6.54 Å². The van der Waals surface area contributed by atoms with E-state index in [1.165, 1.54) is 47.9 Å². The van der Waals surface area contributed by atoms with E-state index in [0.29, 0.717) is 0 Å². The van der Waals surface area contributed by atoms with Crippen LogP contribution in [-0.4, -0.2) is 0 Å².